The van der Waals surface area contributed by atoms with E-state index in [1.807, 2.05) is 18.2 Å². The van der Waals surface area contributed by atoms with Gasteiger partial charge in [-0.25, -0.2) is 0 Å². The summed E-state index contributed by atoms with van der Waals surface area (Å²) in [5, 5.41) is 0.790. The summed E-state index contributed by atoms with van der Waals surface area (Å²) in [5.41, 5.74) is 7.76. The van der Waals surface area contributed by atoms with Crippen LogP contribution in [0.25, 0.3) is 0 Å². The summed E-state index contributed by atoms with van der Waals surface area (Å²) in [5.74, 6) is 0. The van der Waals surface area contributed by atoms with Crippen LogP contribution in [0.2, 0.25) is 5.02 Å². The molecule has 116 valence electrons. The summed E-state index contributed by atoms with van der Waals surface area (Å²) in [4.78, 5) is 0. The highest BCUT2D eigenvalue weighted by Gasteiger charge is 2.40. The van der Waals surface area contributed by atoms with Gasteiger partial charge >= 0.3 is 0 Å². The number of benzene rings is 1. The van der Waals surface area contributed by atoms with Crippen LogP contribution in [0.1, 0.15) is 56.9 Å². The van der Waals surface area contributed by atoms with Gasteiger partial charge in [0.1, 0.15) is 0 Å². The highest BCUT2D eigenvalue weighted by Crippen LogP contribution is 2.42. The van der Waals surface area contributed by atoms with E-state index < -0.39 is 0 Å². The molecular weight excluding hydrogens is 282 g/mol. The Morgan fingerprint density at radius 2 is 2.05 bits per heavy atom. The largest absolute Gasteiger partial charge is 0.372 e. The van der Waals surface area contributed by atoms with Gasteiger partial charge in [-0.15, -0.1) is 0 Å². The van der Waals surface area contributed by atoms with Crippen LogP contribution in [0.3, 0.4) is 0 Å². The molecule has 1 spiro atoms. The molecule has 21 heavy (non-hydrogen) atoms. The van der Waals surface area contributed by atoms with Gasteiger partial charge in [0, 0.05) is 11.1 Å². The van der Waals surface area contributed by atoms with Crippen molar-refractivity contribution in [3.63, 3.8) is 0 Å². The standard InChI is InChI=1S/C18H26ClNO/c19-15-6-4-5-14(11-15)12-16(20)13-17-7-10-18(21-17)8-2-1-3-9-18/h4-6,11,16-17H,1-3,7-10,12-13,20H2. The average molecular weight is 308 g/mol. The van der Waals surface area contributed by atoms with Crippen LogP contribution in [-0.2, 0) is 11.2 Å². The van der Waals surface area contributed by atoms with Crippen LogP contribution in [-0.4, -0.2) is 17.7 Å². The second-order valence-electron chi connectivity index (χ2n) is 6.85. The van der Waals surface area contributed by atoms with Crippen LogP contribution < -0.4 is 5.73 Å². The van der Waals surface area contributed by atoms with Gasteiger partial charge in [-0.1, -0.05) is 43.0 Å². The van der Waals surface area contributed by atoms with Crippen molar-refractivity contribution in [3.8, 4) is 0 Å². The van der Waals surface area contributed by atoms with Gasteiger partial charge in [0.05, 0.1) is 11.7 Å². The number of halogens is 1. The summed E-state index contributed by atoms with van der Waals surface area (Å²) in [6.45, 7) is 0. The van der Waals surface area contributed by atoms with Crippen molar-refractivity contribution in [2.24, 2.45) is 5.73 Å². The van der Waals surface area contributed by atoms with Crippen LogP contribution in [0.5, 0.6) is 0 Å². The summed E-state index contributed by atoms with van der Waals surface area (Å²) < 4.78 is 6.42. The second kappa shape index (κ2) is 6.68. The maximum atomic E-state index is 6.42. The third-order valence-electron chi connectivity index (χ3n) is 5.06. The van der Waals surface area contributed by atoms with E-state index in [1.165, 1.54) is 50.5 Å². The molecule has 2 atom stereocenters. The quantitative estimate of drug-likeness (QED) is 0.890. The monoisotopic (exact) mass is 307 g/mol. The number of hydrogen-bond donors (Lipinski definition) is 1. The molecule has 0 aromatic heterocycles. The fraction of sp³-hybridized carbons (Fsp3) is 0.667. The molecule has 1 aliphatic heterocycles. The van der Waals surface area contributed by atoms with E-state index in [-0.39, 0.29) is 11.6 Å². The van der Waals surface area contributed by atoms with Crippen molar-refractivity contribution in [2.45, 2.75) is 75.5 Å². The molecule has 1 heterocycles. The molecule has 0 bridgehead atoms. The number of hydrogen-bond acceptors (Lipinski definition) is 2. The maximum absolute atomic E-state index is 6.42. The van der Waals surface area contributed by atoms with Gasteiger partial charge in [0.15, 0.2) is 0 Å². The highest BCUT2D eigenvalue weighted by molar-refractivity contribution is 6.30. The third-order valence-corrected chi connectivity index (χ3v) is 5.29. The number of ether oxygens (including phenoxy) is 1. The molecule has 2 aliphatic rings. The van der Waals surface area contributed by atoms with Crippen molar-refractivity contribution in [2.75, 3.05) is 0 Å². The predicted molar refractivity (Wildman–Crippen MR) is 87.7 cm³/mol. The van der Waals surface area contributed by atoms with Gasteiger partial charge in [-0.2, -0.15) is 0 Å². The third kappa shape index (κ3) is 4.00. The maximum Gasteiger partial charge on any atom is 0.0687 e. The minimum atomic E-state index is 0.159. The fourth-order valence-electron chi connectivity index (χ4n) is 4.01. The Balaban J connectivity index is 1.50. The molecule has 1 aromatic carbocycles. The topological polar surface area (TPSA) is 35.2 Å². The lowest BCUT2D eigenvalue weighted by molar-refractivity contribution is -0.0670. The summed E-state index contributed by atoms with van der Waals surface area (Å²) in [7, 11) is 0. The Kier molecular flexibility index (Phi) is 4.88. The molecule has 2 unspecified atom stereocenters. The Hall–Kier alpha value is -0.570. The SMILES string of the molecule is NC(Cc1cccc(Cl)c1)CC1CCC2(CCCCC2)O1. The van der Waals surface area contributed by atoms with Crippen molar-refractivity contribution in [1.82, 2.24) is 0 Å². The molecule has 1 saturated carbocycles. The van der Waals surface area contributed by atoms with Crippen LogP contribution in [0.15, 0.2) is 24.3 Å². The van der Waals surface area contributed by atoms with Gasteiger partial charge in [-0.05, 0) is 56.2 Å². The molecule has 1 aliphatic carbocycles. The molecular formula is C18H26ClNO. The summed E-state index contributed by atoms with van der Waals surface area (Å²) >= 11 is 6.03. The smallest absolute Gasteiger partial charge is 0.0687 e. The minimum Gasteiger partial charge on any atom is -0.372 e. The lowest BCUT2D eigenvalue weighted by Gasteiger charge is -2.33. The molecule has 3 rings (SSSR count). The molecule has 2 N–H and O–H groups in total. The van der Waals surface area contributed by atoms with E-state index in [0.717, 1.165) is 17.9 Å². The number of nitrogens with two attached hydrogens (primary N) is 1. The van der Waals surface area contributed by atoms with Crippen molar-refractivity contribution in [3.05, 3.63) is 34.9 Å². The first kappa shape index (κ1) is 15.3. The lowest BCUT2D eigenvalue weighted by atomic mass is 9.83. The minimum absolute atomic E-state index is 0.159. The van der Waals surface area contributed by atoms with E-state index in [9.17, 15) is 0 Å². The molecule has 0 amide bonds. The van der Waals surface area contributed by atoms with E-state index in [1.54, 1.807) is 0 Å². The zero-order valence-corrected chi connectivity index (χ0v) is 13.4. The lowest BCUT2D eigenvalue weighted by Crippen LogP contribution is -2.34. The Morgan fingerprint density at radius 1 is 1.24 bits per heavy atom. The first-order valence-electron chi connectivity index (χ1n) is 8.33. The average Bonchev–Trinajstić information content (AvgIpc) is 2.82. The molecule has 1 aromatic rings. The Labute approximate surface area is 133 Å². The Morgan fingerprint density at radius 3 is 2.81 bits per heavy atom. The van der Waals surface area contributed by atoms with Crippen LogP contribution in [0.4, 0.5) is 0 Å². The van der Waals surface area contributed by atoms with Gasteiger partial charge in [0.2, 0.25) is 0 Å². The summed E-state index contributed by atoms with van der Waals surface area (Å²) in [6.07, 6.45) is 11.2. The van der Waals surface area contributed by atoms with E-state index in [0.29, 0.717) is 6.10 Å². The van der Waals surface area contributed by atoms with Gasteiger partial charge < -0.3 is 10.5 Å². The predicted octanol–water partition coefficient (Wildman–Crippen LogP) is 4.48. The van der Waals surface area contributed by atoms with E-state index >= 15 is 0 Å². The zero-order chi connectivity index (χ0) is 14.7. The van der Waals surface area contributed by atoms with Gasteiger partial charge in [-0.3, -0.25) is 0 Å². The fourth-order valence-corrected chi connectivity index (χ4v) is 4.23. The highest BCUT2D eigenvalue weighted by atomic mass is 35.5. The summed E-state index contributed by atoms with van der Waals surface area (Å²) in [6, 6.07) is 8.17. The number of rotatable bonds is 4. The zero-order valence-electron chi connectivity index (χ0n) is 12.7. The van der Waals surface area contributed by atoms with Crippen molar-refractivity contribution >= 4 is 11.6 Å². The van der Waals surface area contributed by atoms with Crippen molar-refractivity contribution in [1.29, 1.82) is 0 Å². The first-order chi connectivity index (χ1) is 10.2. The molecule has 1 saturated heterocycles. The normalized spacial score (nSPS) is 26.1. The molecule has 3 heteroatoms. The van der Waals surface area contributed by atoms with Crippen LogP contribution in [0, 0.1) is 0 Å². The first-order valence-corrected chi connectivity index (χ1v) is 8.71. The van der Waals surface area contributed by atoms with E-state index in [4.69, 9.17) is 22.1 Å². The Bertz CT molecular complexity index is 470. The van der Waals surface area contributed by atoms with E-state index in [2.05, 4.69) is 6.07 Å². The molecule has 2 nitrogen and oxygen atoms in total. The molecule has 0 radical (unpaired) electrons. The van der Waals surface area contributed by atoms with Crippen LogP contribution >= 0.6 is 11.6 Å². The van der Waals surface area contributed by atoms with Crippen molar-refractivity contribution < 1.29 is 4.74 Å². The second-order valence-corrected chi connectivity index (χ2v) is 7.29. The van der Waals surface area contributed by atoms with Gasteiger partial charge in [0.25, 0.3) is 0 Å². The molecule has 2 fully saturated rings.